The van der Waals surface area contributed by atoms with Crippen LogP contribution in [0.3, 0.4) is 0 Å². The van der Waals surface area contributed by atoms with E-state index in [2.05, 4.69) is 28.2 Å². The first-order valence-corrected chi connectivity index (χ1v) is 3.78. The van der Waals surface area contributed by atoms with E-state index in [0.717, 1.165) is 0 Å². The summed E-state index contributed by atoms with van der Waals surface area (Å²) < 4.78 is 0. The Morgan fingerprint density at radius 2 is 1.45 bits per heavy atom. The Kier molecular flexibility index (Phi) is 26.4. The second kappa shape index (κ2) is 16.7. The summed E-state index contributed by atoms with van der Waals surface area (Å²) in [6.45, 7) is 2.09. The third-order valence-corrected chi connectivity index (χ3v) is 0.566. The molecule has 0 aliphatic carbocycles. The number of hydrogen-bond acceptors (Lipinski definition) is 1. The van der Waals surface area contributed by atoms with E-state index >= 15 is 0 Å². The molecule has 1 aromatic heterocycles. The number of rotatable bonds is 0. The van der Waals surface area contributed by atoms with Gasteiger partial charge < -0.3 is 24.8 Å². The summed E-state index contributed by atoms with van der Waals surface area (Å²) in [4.78, 5) is 3.78. The number of nitrogens with zero attached hydrogens (tertiary/aromatic N) is 1. The maximum absolute atomic E-state index is 3.78. The van der Waals surface area contributed by atoms with Crippen molar-refractivity contribution in [3.05, 3.63) is 30.6 Å². The third kappa shape index (κ3) is 17.9. The zero-order valence-electron chi connectivity index (χ0n) is 6.37. The summed E-state index contributed by atoms with van der Waals surface area (Å²) in [5, 5.41) is 1.17. The minimum absolute atomic E-state index is 0. The molecule has 0 aliphatic rings. The fraction of sp³-hybridized carbons (Fsp3) is 0.286. The molecule has 0 atom stereocenters. The van der Waals surface area contributed by atoms with Gasteiger partial charge in [0.2, 0.25) is 0 Å². The predicted molar refractivity (Wildman–Crippen MR) is 40.5 cm³/mol. The van der Waals surface area contributed by atoms with Crippen LogP contribution in [0.5, 0.6) is 0 Å². The largest absolute Gasteiger partial charge is 1.00 e. The SMILES string of the molecule is C[CH2][Al+2].[Cl-].[Cl-].c1ccncc1. The van der Waals surface area contributed by atoms with E-state index in [9.17, 15) is 0 Å². The molecule has 4 heteroatoms. The molecule has 60 valence electrons. The molecule has 1 heterocycles. The van der Waals surface area contributed by atoms with Crippen molar-refractivity contribution in [2.24, 2.45) is 0 Å². The predicted octanol–water partition coefficient (Wildman–Crippen LogP) is -4.32. The minimum Gasteiger partial charge on any atom is -1.00 e. The fourth-order valence-electron chi connectivity index (χ4n) is 0.313. The quantitative estimate of drug-likeness (QED) is 0.391. The Morgan fingerprint density at radius 3 is 1.55 bits per heavy atom. The zero-order chi connectivity index (χ0) is 6.95. The fourth-order valence-corrected chi connectivity index (χ4v) is 0.313. The molecule has 1 rings (SSSR count). The standard InChI is InChI=1S/C5H5N.C2H5.Al.2ClH/c1-2-4-6-5-3-1;1-2;;;/h1-5H;1H2,2H3;;2*1H/q;;+2;;/p-2. The van der Waals surface area contributed by atoms with Crippen molar-refractivity contribution >= 4 is 16.3 Å². The van der Waals surface area contributed by atoms with Crippen LogP contribution in [0.4, 0.5) is 0 Å². The molecule has 0 spiro atoms. The Morgan fingerprint density at radius 1 is 1.09 bits per heavy atom. The maximum atomic E-state index is 3.78. The molecule has 0 radical (unpaired) electrons. The summed E-state index contributed by atoms with van der Waals surface area (Å²) in [6.07, 6.45) is 3.50. The van der Waals surface area contributed by atoms with Gasteiger partial charge in [-0.1, -0.05) is 6.07 Å². The van der Waals surface area contributed by atoms with Gasteiger partial charge in [-0.3, -0.25) is 4.98 Å². The molecule has 0 amide bonds. The molecular formula is C7H10AlCl2N. The number of halogens is 2. The Labute approximate surface area is 88.9 Å². The van der Waals surface area contributed by atoms with E-state index in [4.69, 9.17) is 0 Å². The summed E-state index contributed by atoms with van der Waals surface area (Å²) in [7, 11) is 0. The number of hydrogen-bond donors (Lipinski definition) is 0. The first kappa shape index (κ1) is 17.4. The second-order valence-corrected chi connectivity index (χ2v) is 2.25. The molecule has 0 aliphatic heterocycles. The van der Waals surface area contributed by atoms with Gasteiger partial charge in [0.15, 0.2) is 0 Å². The molecular weight excluding hydrogens is 196 g/mol. The van der Waals surface area contributed by atoms with Gasteiger partial charge in [0, 0.05) is 12.4 Å². The van der Waals surface area contributed by atoms with Crippen molar-refractivity contribution in [2.45, 2.75) is 12.2 Å². The van der Waals surface area contributed by atoms with Crippen molar-refractivity contribution in [3.63, 3.8) is 0 Å². The average Bonchev–Trinajstić information content (AvgIpc) is 1.93. The number of pyridine rings is 1. The first-order chi connectivity index (χ1) is 4.41. The van der Waals surface area contributed by atoms with E-state index in [1.54, 1.807) is 12.4 Å². The molecule has 1 aromatic rings. The van der Waals surface area contributed by atoms with Gasteiger partial charge in [0.05, 0.1) is 0 Å². The second-order valence-electron chi connectivity index (χ2n) is 1.43. The van der Waals surface area contributed by atoms with Gasteiger partial charge in [-0.2, -0.15) is 0 Å². The van der Waals surface area contributed by atoms with Gasteiger partial charge >= 0.3 is 28.5 Å². The van der Waals surface area contributed by atoms with E-state index < -0.39 is 0 Å². The Balaban J connectivity index is -0.000000116. The van der Waals surface area contributed by atoms with Crippen LogP contribution in [0.1, 0.15) is 6.92 Å². The van der Waals surface area contributed by atoms with Gasteiger partial charge in [-0.25, -0.2) is 0 Å². The van der Waals surface area contributed by atoms with Crippen LogP contribution in [0, 0.1) is 0 Å². The van der Waals surface area contributed by atoms with Crippen LogP contribution in [0.25, 0.3) is 0 Å². The smallest absolute Gasteiger partial charge is 0.0267 e. The zero-order valence-corrected chi connectivity index (χ0v) is 9.04. The minimum atomic E-state index is 0. The van der Waals surface area contributed by atoms with E-state index in [1.165, 1.54) is 5.28 Å². The van der Waals surface area contributed by atoms with Crippen LogP contribution in [0.2, 0.25) is 5.28 Å². The summed E-state index contributed by atoms with van der Waals surface area (Å²) in [5.41, 5.74) is 0. The summed E-state index contributed by atoms with van der Waals surface area (Å²) >= 11 is 2.58. The van der Waals surface area contributed by atoms with Crippen molar-refractivity contribution in [3.8, 4) is 0 Å². The number of aromatic nitrogens is 1. The van der Waals surface area contributed by atoms with Crippen LogP contribution in [-0.2, 0) is 0 Å². The summed E-state index contributed by atoms with van der Waals surface area (Å²) in [5.74, 6) is 0. The van der Waals surface area contributed by atoms with Crippen molar-refractivity contribution < 1.29 is 24.8 Å². The first-order valence-electron chi connectivity index (χ1n) is 2.97. The van der Waals surface area contributed by atoms with Gasteiger partial charge in [-0.15, -0.1) is 0 Å². The van der Waals surface area contributed by atoms with E-state index in [1.807, 2.05) is 18.2 Å². The molecule has 0 unspecified atom stereocenters. The molecule has 0 saturated carbocycles. The van der Waals surface area contributed by atoms with Crippen molar-refractivity contribution in [1.82, 2.24) is 4.98 Å². The topological polar surface area (TPSA) is 12.9 Å². The van der Waals surface area contributed by atoms with Crippen molar-refractivity contribution in [2.75, 3.05) is 0 Å². The molecule has 11 heavy (non-hydrogen) atoms. The molecule has 0 bridgehead atoms. The average molecular weight is 206 g/mol. The van der Waals surface area contributed by atoms with E-state index in [-0.39, 0.29) is 24.8 Å². The molecule has 0 fully saturated rings. The van der Waals surface area contributed by atoms with Crippen LogP contribution in [-0.4, -0.2) is 21.3 Å². The Bertz CT molecular complexity index is 99.3. The van der Waals surface area contributed by atoms with Crippen molar-refractivity contribution in [1.29, 1.82) is 0 Å². The van der Waals surface area contributed by atoms with E-state index in [0.29, 0.717) is 0 Å². The van der Waals surface area contributed by atoms with Gasteiger partial charge in [0.1, 0.15) is 0 Å². The molecule has 0 saturated heterocycles. The Hall–Kier alpha value is 0.262. The molecule has 0 N–H and O–H groups in total. The van der Waals surface area contributed by atoms with Crippen LogP contribution >= 0.6 is 0 Å². The third-order valence-electron chi connectivity index (χ3n) is 0.566. The molecule has 0 aromatic carbocycles. The van der Waals surface area contributed by atoms with Crippen LogP contribution < -0.4 is 24.8 Å². The normalized spacial score (nSPS) is 6.09. The van der Waals surface area contributed by atoms with Crippen LogP contribution in [0.15, 0.2) is 30.6 Å². The summed E-state index contributed by atoms with van der Waals surface area (Å²) in [6, 6.07) is 5.72. The van der Waals surface area contributed by atoms with Gasteiger partial charge in [0.25, 0.3) is 0 Å². The monoisotopic (exact) mass is 205 g/mol. The molecule has 1 nitrogen and oxygen atoms in total. The maximum Gasteiger partial charge on any atom is 0.0267 e. The van der Waals surface area contributed by atoms with Gasteiger partial charge in [-0.05, 0) is 12.1 Å².